The summed E-state index contributed by atoms with van der Waals surface area (Å²) in [4.78, 5) is 24.3. The summed E-state index contributed by atoms with van der Waals surface area (Å²) in [5.74, 6) is -0.458. The minimum atomic E-state index is -0.305. The van der Waals surface area contributed by atoms with Crippen LogP contribution in [0.3, 0.4) is 0 Å². The predicted octanol–water partition coefficient (Wildman–Crippen LogP) is 2.29. The second kappa shape index (κ2) is 5.93. The molecule has 0 saturated carbocycles. The highest BCUT2D eigenvalue weighted by molar-refractivity contribution is 6.02. The van der Waals surface area contributed by atoms with E-state index in [4.69, 9.17) is 0 Å². The molecular formula is C16H19FN2O2. The van der Waals surface area contributed by atoms with Gasteiger partial charge in [0.25, 0.3) is 0 Å². The van der Waals surface area contributed by atoms with Gasteiger partial charge in [0.1, 0.15) is 5.82 Å². The summed E-state index contributed by atoms with van der Waals surface area (Å²) in [5, 5.41) is 3.55. The summed E-state index contributed by atoms with van der Waals surface area (Å²) < 4.78 is 13.3. The Morgan fingerprint density at radius 2 is 2.05 bits per heavy atom. The van der Waals surface area contributed by atoms with Gasteiger partial charge in [-0.05, 0) is 30.5 Å². The Balaban J connectivity index is 1.84. The lowest BCUT2D eigenvalue weighted by Crippen LogP contribution is -2.58. The van der Waals surface area contributed by atoms with Crippen molar-refractivity contribution >= 4 is 11.7 Å². The summed E-state index contributed by atoms with van der Waals surface area (Å²) in [5.41, 5.74) is 0.751. The third kappa shape index (κ3) is 2.97. The number of halogens is 1. The number of nitrogens with zero attached hydrogens (tertiary/aromatic N) is 2. The quantitative estimate of drug-likeness (QED) is 0.785. The first kappa shape index (κ1) is 14.2. The molecule has 21 heavy (non-hydrogen) atoms. The van der Waals surface area contributed by atoms with Gasteiger partial charge in [0.05, 0.1) is 19.0 Å². The first-order valence-electron chi connectivity index (χ1n) is 7.49. The molecule has 112 valence electrons. The van der Waals surface area contributed by atoms with Crippen molar-refractivity contribution < 1.29 is 14.0 Å². The number of Topliss-reactive ketones (excluding diaryl/α,β-unsaturated/α-hetero) is 1. The van der Waals surface area contributed by atoms with Crippen LogP contribution < -0.4 is 0 Å². The van der Waals surface area contributed by atoms with Crippen molar-refractivity contribution in [1.82, 2.24) is 10.0 Å². The molecule has 2 saturated heterocycles. The molecule has 5 heteroatoms. The molecular weight excluding hydrogens is 271 g/mol. The predicted molar refractivity (Wildman–Crippen MR) is 75.5 cm³/mol. The van der Waals surface area contributed by atoms with E-state index in [-0.39, 0.29) is 30.0 Å². The van der Waals surface area contributed by atoms with Gasteiger partial charge >= 0.3 is 0 Å². The first-order valence-corrected chi connectivity index (χ1v) is 7.49. The van der Waals surface area contributed by atoms with Crippen molar-refractivity contribution in [2.45, 2.75) is 44.7 Å². The molecule has 1 unspecified atom stereocenters. The van der Waals surface area contributed by atoms with Crippen LogP contribution in [0.2, 0.25) is 0 Å². The van der Waals surface area contributed by atoms with Crippen molar-refractivity contribution in [2.75, 3.05) is 6.54 Å². The van der Waals surface area contributed by atoms with Crippen molar-refractivity contribution in [3.63, 3.8) is 0 Å². The van der Waals surface area contributed by atoms with Gasteiger partial charge in [0.2, 0.25) is 5.91 Å². The molecule has 1 amide bonds. The van der Waals surface area contributed by atoms with E-state index in [0.29, 0.717) is 6.54 Å². The molecule has 0 N–H and O–H groups in total. The number of hydrogen-bond donors (Lipinski definition) is 0. The van der Waals surface area contributed by atoms with Gasteiger partial charge < -0.3 is 0 Å². The van der Waals surface area contributed by atoms with Crippen LogP contribution >= 0.6 is 0 Å². The van der Waals surface area contributed by atoms with Crippen LogP contribution in [0.1, 0.15) is 37.7 Å². The summed E-state index contributed by atoms with van der Waals surface area (Å²) in [6.45, 7) is 1.05. The molecule has 0 spiro atoms. The number of rotatable bonds is 2. The van der Waals surface area contributed by atoms with Crippen LogP contribution in [-0.2, 0) is 16.1 Å². The Kier molecular flexibility index (Phi) is 4.01. The Morgan fingerprint density at radius 1 is 1.19 bits per heavy atom. The van der Waals surface area contributed by atoms with E-state index in [1.54, 1.807) is 17.1 Å². The van der Waals surface area contributed by atoms with Crippen molar-refractivity contribution in [3.8, 4) is 0 Å². The van der Waals surface area contributed by atoms with E-state index in [2.05, 4.69) is 0 Å². The Morgan fingerprint density at radius 3 is 2.86 bits per heavy atom. The largest absolute Gasteiger partial charge is 0.297 e. The van der Waals surface area contributed by atoms with Crippen molar-refractivity contribution in [3.05, 3.63) is 35.6 Å². The molecule has 1 aromatic rings. The highest BCUT2D eigenvalue weighted by atomic mass is 19.1. The van der Waals surface area contributed by atoms with Gasteiger partial charge in [-0.3, -0.25) is 14.6 Å². The van der Waals surface area contributed by atoms with E-state index in [1.165, 1.54) is 12.1 Å². The monoisotopic (exact) mass is 290 g/mol. The van der Waals surface area contributed by atoms with Crippen LogP contribution in [0.15, 0.2) is 24.3 Å². The van der Waals surface area contributed by atoms with E-state index >= 15 is 0 Å². The fourth-order valence-electron chi connectivity index (χ4n) is 3.20. The second-order valence-electron chi connectivity index (χ2n) is 5.75. The molecule has 2 aliphatic heterocycles. The van der Waals surface area contributed by atoms with E-state index in [1.807, 2.05) is 5.01 Å². The van der Waals surface area contributed by atoms with Gasteiger partial charge in [-0.15, -0.1) is 0 Å². The Hall–Kier alpha value is -1.75. The average Bonchev–Trinajstić information content (AvgIpc) is 2.69. The zero-order valence-electron chi connectivity index (χ0n) is 11.9. The lowest BCUT2D eigenvalue weighted by atomic mass is 10.0. The summed E-state index contributed by atoms with van der Waals surface area (Å²) in [6, 6.07) is 6.10. The number of ketones is 1. The maximum Gasteiger partial charge on any atom is 0.244 e. The lowest BCUT2D eigenvalue weighted by Gasteiger charge is -2.42. The SMILES string of the molecule is O=C1CC(=O)N(Cc2cccc(F)c2)N2CCCCCC12. The maximum atomic E-state index is 13.3. The fraction of sp³-hybridized carbons (Fsp3) is 0.500. The molecule has 2 fully saturated rings. The fourth-order valence-corrected chi connectivity index (χ4v) is 3.20. The first-order chi connectivity index (χ1) is 10.1. The molecule has 3 rings (SSSR count). The number of benzene rings is 1. The second-order valence-corrected chi connectivity index (χ2v) is 5.75. The highest BCUT2D eigenvalue weighted by Crippen LogP contribution is 2.26. The zero-order valence-corrected chi connectivity index (χ0v) is 11.9. The molecule has 0 bridgehead atoms. The van der Waals surface area contributed by atoms with Crippen LogP contribution in [0.5, 0.6) is 0 Å². The zero-order chi connectivity index (χ0) is 14.8. The summed E-state index contributed by atoms with van der Waals surface area (Å²) >= 11 is 0. The third-order valence-electron chi connectivity index (χ3n) is 4.24. The average molecular weight is 290 g/mol. The van der Waals surface area contributed by atoms with Crippen LogP contribution in [0.25, 0.3) is 0 Å². The molecule has 0 radical (unpaired) electrons. The minimum Gasteiger partial charge on any atom is -0.297 e. The Labute approximate surface area is 123 Å². The van der Waals surface area contributed by atoms with Crippen molar-refractivity contribution in [2.24, 2.45) is 0 Å². The number of amides is 1. The molecule has 0 aromatic heterocycles. The number of fused-ring (bicyclic) bond motifs is 1. The van der Waals surface area contributed by atoms with Crippen LogP contribution in [0, 0.1) is 5.82 Å². The van der Waals surface area contributed by atoms with E-state index < -0.39 is 0 Å². The lowest BCUT2D eigenvalue weighted by molar-refractivity contribution is -0.170. The molecule has 2 aliphatic rings. The van der Waals surface area contributed by atoms with Gasteiger partial charge in [0, 0.05) is 6.54 Å². The van der Waals surface area contributed by atoms with Crippen LogP contribution in [-0.4, -0.2) is 34.3 Å². The highest BCUT2D eigenvalue weighted by Gasteiger charge is 2.39. The number of carbonyl (C=O) groups is 2. The van der Waals surface area contributed by atoms with Gasteiger partial charge in [-0.2, -0.15) is 0 Å². The van der Waals surface area contributed by atoms with Gasteiger partial charge in [-0.25, -0.2) is 9.40 Å². The minimum absolute atomic E-state index is 0.0254. The third-order valence-corrected chi connectivity index (χ3v) is 4.24. The number of carbonyl (C=O) groups excluding carboxylic acids is 2. The van der Waals surface area contributed by atoms with Crippen LogP contribution in [0.4, 0.5) is 4.39 Å². The topological polar surface area (TPSA) is 40.6 Å². The van der Waals surface area contributed by atoms with E-state index in [0.717, 1.165) is 37.8 Å². The number of hydrogen-bond acceptors (Lipinski definition) is 3. The van der Waals surface area contributed by atoms with Gasteiger partial charge in [-0.1, -0.05) is 25.0 Å². The van der Waals surface area contributed by atoms with Crippen molar-refractivity contribution in [1.29, 1.82) is 0 Å². The maximum absolute atomic E-state index is 13.3. The molecule has 2 heterocycles. The molecule has 1 atom stereocenters. The molecule has 0 aliphatic carbocycles. The van der Waals surface area contributed by atoms with Gasteiger partial charge in [0.15, 0.2) is 5.78 Å². The van der Waals surface area contributed by atoms with E-state index in [9.17, 15) is 14.0 Å². The number of hydrazine groups is 1. The smallest absolute Gasteiger partial charge is 0.244 e. The summed E-state index contributed by atoms with van der Waals surface area (Å²) in [6.07, 6.45) is 3.87. The molecule has 1 aromatic carbocycles. The standard InChI is InChI=1S/C16H19FN2O2/c17-13-6-4-5-12(9-13)11-19-16(21)10-15(20)14-7-2-1-3-8-18(14)19/h4-6,9,14H,1-3,7-8,10-11H2. The molecule has 4 nitrogen and oxygen atoms in total. The normalized spacial score (nSPS) is 23.9. The Bertz CT molecular complexity index is 561. The summed E-state index contributed by atoms with van der Waals surface area (Å²) in [7, 11) is 0.